The Morgan fingerprint density at radius 1 is 1.54 bits per heavy atom. The first-order valence-corrected chi connectivity index (χ1v) is 4.61. The van der Waals surface area contributed by atoms with Crippen LogP contribution in [-0.2, 0) is 0 Å². The minimum Gasteiger partial charge on any atom is -0.305 e. The van der Waals surface area contributed by atoms with E-state index in [1.54, 1.807) is 0 Å². The Balaban J connectivity index is 2.52. The number of aromatic nitrogens is 3. The number of aryl methyl sites for hydroxylation is 1. The smallest absolute Gasteiger partial charge is 0.251 e. The molecule has 66 valence electrons. The molecule has 2 aromatic heterocycles. The van der Waals surface area contributed by atoms with Crippen molar-refractivity contribution in [3.05, 3.63) is 33.0 Å². The molecule has 0 unspecified atom stereocenters. The maximum absolute atomic E-state index is 11.0. The summed E-state index contributed by atoms with van der Waals surface area (Å²) < 4.78 is 0. The van der Waals surface area contributed by atoms with E-state index in [1.165, 1.54) is 23.6 Å². The zero-order chi connectivity index (χ0) is 9.26. The van der Waals surface area contributed by atoms with E-state index in [4.69, 9.17) is 0 Å². The van der Waals surface area contributed by atoms with Crippen LogP contribution in [0.5, 0.6) is 0 Å². The molecule has 2 aromatic rings. The van der Waals surface area contributed by atoms with Crippen LogP contribution < -0.4 is 5.56 Å². The van der Waals surface area contributed by atoms with Gasteiger partial charge in [-0.15, -0.1) is 11.3 Å². The van der Waals surface area contributed by atoms with Gasteiger partial charge in [0, 0.05) is 17.6 Å². The molecule has 13 heavy (non-hydrogen) atoms. The summed E-state index contributed by atoms with van der Waals surface area (Å²) in [4.78, 5) is 21.8. The highest BCUT2D eigenvalue weighted by atomic mass is 32.1. The second kappa shape index (κ2) is 3.10. The predicted octanol–water partition coefficient (Wildman–Crippen LogP) is 1.20. The van der Waals surface area contributed by atoms with E-state index >= 15 is 0 Å². The Morgan fingerprint density at radius 3 is 3.00 bits per heavy atom. The molecule has 0 aliphatic rings. The van der Waals surface area contributed by atoms with Gasteiger partial charge < -0.3 is 4.98 Å². The fraction of sp³-hybridized carbons (Fsp3) is 0.125. The molecule has 0 saturated heterocycles. The summed E-state index contributed by atoms with van der Waals surface area (Å²) in [7, 11) is 0. The van der Waals surface area contributed by atoms with Gasteiger partial charge in [-0.05, 0) is 6.92 Å². The van der Waals surface area contributed by atoms with Crippen LogP contribution >= 0.6 is 11.3 Å². The number of rotatable bonds is 1. The molecule has 0 aromatic carbocycles. The minimum atomic E-state index is -0.157. The van der Waals surface area contributed by atoms with Gasteiger partial charge in [0.1, 0.15) is 5.69 Å². The molecule has 0 bridgehead atoms. The number of nitrogens with one attached hydrogen (secondary N) is 1. The zero-order valence-corrected chi connectivity index (χ0v) is 7.76. The predicted molar refractivity (Wildman–Crippen MR) is 50.7 cm³/mol. The van der Waals surface area contributed by atoms with E-state index in [2.05, 4.69) is 15.0 Å². The number of aromatic amines is 1. The maximum atomic E-state index is 11.0. The van der Waals surface area contributed by atoms with Gasteiger partial charge >= 0.3 is 0 Å². The molecule has 0 amide bonds. The quantitative estimate of drug-likeness (QED) is 0.740. The highest BCUT2D eigenvalue weighted by Crippen LogP contribution is 2.15. The van der Waals surface area contributed by atoms with Crippen molar-refractivity contribution in [2.45, 2.75) is 6.92 Å². The van der Waals surface area contributed by atoms with E-state index in [9.17, 15) is 4.79 Å². The lowest BCUT2D eigenvalue weighted by Gasteiger charge is -1.92. The lowest BCUT2D eigenvalue weighted by Crippen LogP contribution is -2.05. The van der Waals surface area contributed by atoms with Crippen LogP contribution in [0.2, 0.25) is 0 Å². The number of H-pyrrole nitrogens is 1. The third kappa shape index (κ3) is 1.65. The molecule has 5 heteroatoms. The summed E-state index contributed by atoms with van der Waals surface area (Å²) in [6.45, 7) is 1.91. The first-order chi connectivity index (χ1) is 6.25. The number of nitrogens with zero attached hydrogens (tertiary/aromatic N) is 2. The van der Waals surface area contributed by atoms with Crippen LogP contribution in [0.15, 0.2) is 22.4 Å². The van der Waals surface area contributed by atoms with Crippen LogP contribution in [0.25, 0.3) is 11.5 Å². The van der Waals surface area contributed by atoms with Crippen molar-refractivity contribution in [2.75, 3.05) is 0 Å². The van der Waals surface area contributed by atoms with Gasteiger partial charge in [-0.3, -0.25) is 4.79 Å². The third-order valence-electron chi connectivity index (χ3n) is 1.53. The van der Waals surface area contributed by atoms with Crippen molar-refractivity contribution in [3.63, 3.8) is 0 Å². The summed E-state index contributed by atoms with van der Waals surface area (Å²) in [6, 6.07) is 1.38. The van der Waals surface area contributed by atoms with Crippen LogP contribution in [0.4, 0.5) is 0 Å². The van der Waals surface area contributed by atoms with Gasteiger partial charge in [0.25, 0.3) is 5.56 Å². The van der Waals surface area contributed by atoms with E-state index in [0.29, 0.717) is 5.82 Å². The molecule has 4 nitrogen and oxygen atoms in total. The number of thiazole rings is 1. The molecule has 0 spiro atoms. The van der Waals surface area contributed by atoms with Crippen LogP contribution in [0.3, 0.4) is 0 Å². The Labute approximate surface area is 78.3 Å². The minimum absolute atomic E-state index is 0.157. The molecule has 2 rings (SSSR count). The van der Waals surface area contributed by atoms with Gasteiger partial charge in [0.15, 0.2) is 5.82 Å². The highest BCUT2D eigenvalue weighted by molar-refractivity contribution is 7.09. The number of hydrogen-bond donors (Lipinski definition) is 1. The molecule has 0 radical (unpaired) electrons. The largest absolute Gasteiger partial charge is 0.305 e. The topological polar surface area (TPSA) is 58.6 Å². The SMILES string of the molecule is Cc1nc(-c2nccc(=O)[nH]2)cs1. The Kier molecular flexibility index (Phi) is 1.94. The van der Waals surface area contributed by atoms with Crippen molar-refractivity contribution >= 4 is 11.3 Å². The van der Waals surface area contributed by atoms with Gasteiger partial charge in [0.2, 0.25) is 0 Å². The molecular formula is C8H7N3OS. The van der Waals surface area contributed by atoms with Crippen LogP contribution in [0, 0.1) is 6.92 Å². The molecular weight excluding hydrogens is 186 g/mol. The van der Waals surface area contributed by atoms with Crippen molar-refractivity contribution in [2.24, 2.45) is 0 Å². The molecule has 0 fully saturated rings. The Hall–Kier alpha value is -1.49. The van der Waals surface area contributed by atoms with Gasteiger partial charge in [-0.2, -0.15) is 0 Å². The van der Waals surface area contributed by atoms with Crippen LogP contribution in [0.1, 0.15) is 5.01 Å². The van der Waals surface area contributed by atoms with E-state index < -0.39 is 0 Å². The molecule has 0 aliphatic carbocycles. The standard InChI is InChI=1S/C8H7N3OS/c1-5-10-6(4-13-5)8-9-3-2-7(12)11-8/h2-4H,1H3,(H,9,11,12). The van der Waals surface area contributed by atoms with Crippen molar-refractivity contribution < 1.29 is 0 Å². The molecule has 0 saturated carbocycles. The summed E-state index contributed by atoms with van der Waals surface area (Å²) in [5, 5.41) is 2.83. The molecule has 1 N–H and O–H groups in total. The fourth-order valence-corrected chi connectivity index (χ4v) is 1.57. The summed E-state index contributed by atoms with van der Waals surface area (Å²) in [5.41, 5.74) is 0.566. The normalized spacial score (nSPS) is 10.2. The maximum Gasteiger partial charge on any atom is 0.251 e. The Morgan fingerprint density at radius 2 is 2.38 bits per heavy atom. The zero-order valence-electron chi connectivity index (χ0n) is 6.94. The summed E-state index contributed by atoms with van der Waals surface area (Å²) >= 11 is 1.53. The summed E-state index contributed by atoms with van der Waals surface area (Å²) in [5.74, 6) is 0.525. The highest BCUT2D eigenvalue weighted by Gasteiger charge is 2.02. The molecule has 0 atom stereocenters. The number of hydrogen-bond acceptors (Lipinski definition) is 4. The first-order valence-electron chi connectivity index (χ1n) is 3.73. The van der Waals surface area contributed by atoms with E-state index in [-0.39, 0.29) is 5.56 Å². The van der Waals surface area contributed by atoms with Crippen molar-refractivity contribution in [3.8, 4) is 11.5 Å². The second-order valence-electron chi connectivity index (χ2n) is 2.53. The average molecular weight is 193 g/mol. The van der Waals surface area contributed by atoms with E-state index in [1.807, 2.05) is 12.3 Å². The monoisotopic (exact) mass is 193 g/mol. The lowest BCUT2D eigenvalue weighted by molar-refractivity contribution is 1.10. The van der Waals surface area contributed by atoms with Crippen LogP contribution in [-0.4, -0.2) is 15.0 Å². The molecule has 2 heterocycles. The van der Waals surface area contributed by atoms with Gasteiger partial charge in [0.05, 0.1) is 5.01 Å². The van der Waals surface area contributed by atoms with Gasteiger partial charge in [-0.25, -0.2) is 9.97 Å². The third-order valence-corrected chi connectivity index (χ3v) is 2.31. The van der Waals surface area contributed by atoms with Crippen molar-refractivity contribution in [1.29, 1.82) is 0 Å². The second-order valence-corrected chi connectivity index (χ2v) is 3.60. The van der Waals surface area contributed by atoms with E-state index in [0.717, 1.165) is 10.7 Å². The summed E-state index contributed by atoms with van der Waals surface area (Å²) in [6.07, 6.45) is 1.48. The lowest BCUT2D eigenvalue weighted by atomic mass is 10.4. The van der Waals surface area contributed by atoms with Crippen molar-refractivity contribution in [1.82, 2.24) is 15.0 Å². The average Bonchev–Trinajstić information content (AvgIpc) is 2.52. The fourth-order valence-electron chi connectivity index (χ4n) is 0.972. The molecule has 0 aliphatic heterocycles. The van der Waals surface area contributed by atoms with Gasteiger partial charge in [-0.1, -0.05) is 0 Å². The first kappa shape index (κ1) is 8.12. The Bertz CT molecular complexity index is 474.